The number of aliphatic carboxylic acids is 1. The van der Waals surface area contributed by atoms with E-state index in [1.807, 2.05) is 0 Å². The summed E-state index contributed by atoms with van der Waals surface area (Å²) in [5.74, 6) is -1.54. The first-order valence-electron chi connectivity index (χ1n) is 9.56. The molecule has 3 rings (SSSR count). The summed E-state index contributed by atoms with van der Waals surface area (Å²) in [6, 6.07) is 7.08. The predicted octanol–water partition coefficient (Wildman–Crippen LogP) is 4.38. The summed E-state index contributed by atoms with van der Waals surface area (Å²) in [5.41, 5.74) is -0.102. The molecule has 1 aliphatic heterocycles. The van der Waals surface area contributed by atoms with Crippen molar-refractivity contribution in [2.75, 3.05) is 13.1 Å². The number of hydrogen-bond acceptors (Lipinski definition) is 4. The Morgan fingerprint density at radius 1 is 1.03 bits per heavy atom. The average Bonchev–Trinajstić information content (AvgIpc) is 2.72. The zero-order valence-corrected chi connectivity index (χ0v) is 16.5. The number of rotatable bonds is 5. The van der Waals surface area contributed by atoms with Gasteiger partial charge >= 0.3 is 18.3 Å². The smallest absolute Gasteiger partial charge is 0.417 e. The van der Waals surface area contributed by atoms with Gasteiger partial charge in [-0.1, -0.05) is 30.3 Å². The quantitative estimate of drug-likeness (QED) is 0.353. The van der Waals surface area contributed by atoms with Crippen molar-refractivity contribution in [1.82, 2.24) is 10.7 Å². The highest BCUT2D eigenvalue weighted by atomic mass is 19.4. The minimum absolute atomic E-state index is 0.0595. The molecule has 0 unspecified atom stereocenters. The van der Waals surface area contributed by atoms with E-state index < -0.39 is 40.9 Å². The van der Waals surface area contributed by atoms with Crippen LogP contribution in [0.3, 0.4) is 0 Å². The van der Waals surface area contributed by atoms with Gasteiger partial charge in [-0.3, -0.25) is 4.79 Å². The van der Waals surface area contributed by atoms with E-state index in [0.717, 1.165) is 6.07 Å². The molecule has 1 fully saturated rings. The molecule has 5 nitrogen and oxygen atoms in total. The Hall–Kier alpha value is -3.08. The maximum Gasteiger partial charge on any atom is 0.417 e. The molecule has 3 N–H and O–H groups in total. The van der Waals surface area contributed by atoms with Gasteiger partial charge in [0.2, 0.25) is 0 Å². The molecule has 0 spiro atoms. The van der Waals surface area contributed by atoms with E-state index in [-0.39, 0.29) is 23.2 Å². The Labute approximate surface area is 179 Å². The van der Waals surface area contributed by atoms with Gasteiger partial charge in [-0.2, -0.15) is 31.4 Å². The van der Waals surface area contributed by atoms with Crippen LogP contribution in [0.15, 0.2) is 47.6 Å². The number of carboxylic acids is 1. The lowest BCUT2D eigenvalue weighted by Gasteiger charge is -2.27. The molecule has 172 valence electrons. The summed E-state index contributed by atoms with van der Waals surface area (Å²) in [6.07, 6.45) is -8.33. The van der Waals surface area contributed by atoms with Crippen molar-refractivity contribution < 1.29 is 36.2 Å². The number of benzene rings is 2. The maximum atomic E-state index is 13.6. The Morgan fingerprint density at radius 3 is 2.41 bits per heavy atom. The highest BCUT2D eigenvalue weighted by molar-refractivity contribution is 5.91. The standard InChI is InChI=1S/C21H19F6N3O2/c22-20(23,24)14-5-6-17(18(8-14)21(25,26)27)16-4-2-1-3-12(16)10-29-30-15-7-13(19(31)32)9-28-11-15/h1-6,8,10,13,15,28,30H,7,9,11H2,(H,31,32)/b29-10+/t13-,15+/m1/s1. The van der Waals surface area contributed by atoms with Crippen LogP contribution in [-0.4, -0.2) is 36.4 Å². The topological polar surface area (TPSA) is 73.7 Å². The minimum atomic E-state index is -5.00. The first-order chi connectivity index (χ1) is 15.0. The Morgan fingerprint density at radius 2 is 1.75 bits per heavy atom. The van der Waals surface area contributed by atoms with E-state index in [1.54, 1.807) is 6.07 Å². The van der Waals surface area contributed by atoms with Crippen molar-refractivity contribution >= 4 is 12.2 Å². The lowest BCUT2D eigenvalue weighted by molar-refractivity contribution is -0.143. The van der Waals surface area contributed by atoms with Crippen LogP contribution in [0.2, 0.25) is 0 Å². The zero-order valence-electron chi connectivity index (χ0n) is 16.5. The molecule has 32 heavy (non-hydrogen) atoms. The van der Waals surface area contributed by atoms with Gasteiger partial charge < -0.3 is 15.8 Å². The summed E-state index contributed by atoms with van der Waals surface area (Å²) in [5, 5.41) is 16.1. The van der Waals surface area contributed by atoms with Crippen LogP contribution < -0.4 is 10.7 Å². The molecule has 1 saturated heterocycles. The van der Waals surface area contributed by atoms with Gasteiger partial charge in [-0.25, -0.2) is 0 Å². The molecule has 2 aromatic carbocycles. The van der Waals surface area contributed by atoms with E-state index >= 15 is 0 Å². The lowest BCUT2D eigenvalue weighted by Crippen LogP contribution is -2.47. The molecule has 0 amide bonds. The molecule has 0 aromatic heterocycles. The number of hydrogen-bond donors (Lipinski definition) is 3. The molecule has 1 heterocycles. The summed E-state index contributed by atoms with van der Waals surface area (Å²) in [7, 11) is 0. The highest BCUT2D eigenvalue weighted by Gasteiger charge is 2.38. The number of hydrazone groups is 1. The van der Waals surface area contributed by atoms with Gasteiger partial charge in [-0.15, -0.1) is 0 Å². The molecule has 2 atom stereocenters. The predicted molar refractivity (Wildman–Crippen MR) is 105 cm³/mol. The molecule has 0 radical (unpaired) electrons. The number of nitrogens with one attached hydrogen (secondary N) is 2. The molecule has 2 aromatic rings. The normalized spacial score (nSPS) is 19.8. The highest BCUT2D eigenvalue weighted by Crippen LogP contribution is 2.41. The first-order valence-corrected chi connectivity index (χ1v) is 9.56. The monoisotopic (exact) mass is 459 g/mol. The zero-order chi connectivity index (χ0) is 23.5. The third-order valence-electron chi connectivity index (χ3n) is 5.06. The molecule has 0 bridgehead atoms. The molecule has 11 heteroatoms. The SMILES string of the molecule is O=C(O)[C@H]1CNC[C@@H](N/N=C/c2ccccc2-c2ccc(C(F)(F)F)cc2C(F)(F)F)C1. The fraction of sp³-hybridized carbons (Fsp3) is 0.333. The van der Waals surface area contributed by atoms with E-state index in [9.17, 15) is 31.1 Å². The van der Waals surface area contributed by atoms with Crippen molar-refractivity contribution in [2.24, 2.45) is 11.0 Å². The molecule has 0 aliphatic carbocycles. The maximum absolute atomic E-state index is 13.6. The summed E-state index contributed by atoms with van der Waals surface area (Å²) >= 11 is 0. The first kappa shape index (κ1) is 23.6. The van der Waals surface area contributed by atoms with Crippen molar-refractivity contribution in [3.63, 3.8) is 0 Å². The number of halogens is 6. The van der Waals surface area contributed by atoms with Gasteiger partial charge in [0.25, 0.3) is 0 Å². The summed E-state index contributed by atoms with van der Waals surface area (Å²) < 4.78 is 79.5. The fourth-order valence-corrected chi connectivity index (χ4v) is 3.49. The number of piperidine rings is 1. The molecular formula is C21H19F6N3O2. The van der Waals surface area contributed by atoms with Gasteiger partial charge in [-0.05, 0) is 29.7 Å². The van der Waals surface area contributed by atoms with Crippen LogP contribution in [0.5, 0.6) is 0 Å². The van der Waals surface area contributed by atoms with Crippen molar-refractivity contribution in [3.8, 4) is 11.1 Å². The third kappa shape index (κ3) is 5.58. The Balaban J connectivity index is 1.90. The molecular weight excluding hydrogens is 440 g/mol. The second-order valence-electron chi connectivity index (χ2n) is 7.36. The second-order valence-corrected chi connectivity index (χ2v) is 7.36. The van der Waals surface area contributed by atoms with Crippen LogP contribution in [-0.2, 0) is 17.1 Å². The van der Waals surface area contributed by atoms with Crippen molar-refractivity contribution in [2.45, 2.75) is 24.8 Å². The lowest BCUT2D eigenvalue weighted by atomic mass is 9.93. The van der Waals surface area contributed by atoms with Crippen LogP contribution in [0.25, 0.3) is 11.1 Å². The van der Waals surface area contributed by atoms with E-state index in [2.05, 4.69) is 15.8 Å². The summed E-state index contributed by atoms with van der Waals surface area (Å²) in [4.78, 5) is 11.1. The van der Waals surface area contributed by atoms with E-state index in [0.29, 0.717) is 25.6 Å². The number of nitrogens with zero attached hydrogens (tertiary/aromatic N) is 1. The fourth-order valence-electron chi connectivity index (χ4n) is 3.49. The van der Waals surface area contributed by atoms with Crippen molar-refractivity contribution in [3.05, 3.63) is 59.2 Å². The largest absolute Gasteiger partial charge is 0.481 e. The third-order valence-corrected chi connectivity index (χ3v) is 5.06. The van der Waals surface area contributed by atoms with Gasteiger partial charge in [0.15, 0.2) is 0 Å². The molecule has 1 aliphatic rings. The van der Waals surface area contributed by atoms with Crippen LogP contribution in [0.4, 0.5) is 26.3 Å². The van der Waals surface area contributed by atoms with Gasteiger partial charge in [0.1, 0.15) is 0 Å². The van der Waals surface area contributed by atoms with Crippen molar-refractivity contribution in [1.29, 1.82) is 0 Å². The van der Waals surface area contributed by atoms with Crippen LogP contribution >= 0.6 is 0 Å². The van der Waals surface area contributed by atoms with E-state index in [1.165, 1.54) is 24.4 Å². The van der Waals surface area contributed by atoms with Gasteiger partial charge in [0.05, 0.1) is 29.3 Å². The average molecular weight is 459 g/mol. The number of alkyl halides is 6. The van der Waals surface area contributed by atoms with Gasteiger partial charge in [0, 0.05) is 18.7 Å². The number of carboxylic acid groups (broad SMARTS) is 1. The summed E-state index contributed by atoms with van der Waals surface area (Å²) in [6.45, 7) is 0.786. The van der Waals surface area contributed by atoms with E-state index in [4.69, 9.17) is 5.11 Å². The van der Waals surface area contributed by atoms with Crippen LogP contribution in [0.1, 0.15) is 23.1 Å². The Bertz CT molecular complexity index is 1000. The second kappa shape index (κ2) is 9.19. The minimum Gasteiger partial charge on any atom is -0.481 e. The molecule has 0 saturated carbocycles. The Kier molecular flexibility index (Phi) is 6.77. The van der Waals surface area contributed by atoms with Crippen LogP contribution in [0, 0.1) is 5.92 Å². The number of carbonyl (C=O) groups is 1.